The number of carbonyl (C=O) groups is 1. The highest BCUT2D eigenvalue weighted by Gasteiger charge is 2.47. The van der Waals surface area contributed by atoms with Crippen molar-refractivity contribution in [3.8, 4) is 0 Å². The van der Waals surface area contributed by atoms with Crippen LogP contribution < -0.4 is 11.1 Å². The summed E-state index contributed by atoms with van der Waals surface area (Å²) in [5, 5.41) is 32.0. The van der Waals surface area contributed by atoms with E-state index in [9.17, 15) is 28.5 Å². The molecule has 4 unspecified atom stereocenters. The fourth-order valence-corrected chi connectivity index (χ4v) is 3.18. The molecule has 0 radical (unpaired) electrons. The third-order valence-corrected chi connectivity index (χ3v) is 4.35. The molecule has 2 rings (SSSR count). The topological polar surface area (TPSA) is 198 Å². The Labute approximate surface area is 143 Å². The van der Waals surface area contributed by atoms with Gasteiger partial charge in [-0.15, -0.1) is 0 Å². The van der Waals surface area contributed by atoms with Crippen molar-refractivity contribution in [1.29, 1.82) is 0 Å². The van der Waals surface area contributed by atoms with Crippen LogP contribution in [0.2, 0.25) is 0 Å². The van der Waals surface area contributed by atoms with Gasteiger partial charge in [0.15, 0.2) is 24.6 Å². The molecule has 0 saturated carbocycles. The lowest BCUT2D eigenvalue weighted by Crippen LogP contribution is -2.68. The third-order valence-electron chi connectivity index (χ3n) is 3.89. The summed E-state index contributed by atoms with van der Waals surface area (Å²) in [5.74, 6) is -0.253. The smallest absolute Gasteiger partial charge is 0.397 e. The normalized spacial score (nSPS) is 42.4. The first-order valence-corrected chi connectivity index (χ1v) is 8.60. The number of hydrogen-bond donors (Lipinski definition) is 6. The van der Waals surface area contributed by atoms with Gasteiger partial charge in [-0.1, -0.05) is 0 Å². The summed E-state index contributed by atoms with van der Waals surface area (Å²) in [6, 6.07) is -2.47. The SMILES string of the molecule is CC1OC(O)[C@@H](N)C(OS(=O)(=O)O)[C@@H]1N[C@@H]1OC(C=O)=CC(O)[C@@H]1O. The van der Waals surface area contributed by atoms with Crippen molar-refractivity contribution in [2.45, 2.75) is 55.9 Å². The molecule has 0 bridgehead atoms. The Hall–Kier alpha value is -1.16. The zero-order chi connectivity index (χ0) is 18.9. The monoisotopic (exact) mass is 384 g/mol. The van der Waals surface area contributed by atoms with E-state index in [1.807, 2.05) is 0 Å². The van der Waals surface area contributed by atoms with Crippen molar-refractivity contribution in [1.82, 2.24) is 5.32 Å². The summed E-state index contributed by atoms with van der Waals surface area (Å²) in [4.78, 5) is 10.8. The second kappa shape index (κ2) is 7.61. The quantitative estimate of drug-likeness (QED) is 0.201. The van der Waals surface area contributed by atoms with Crippen molar-refractivity contribution in [3.63, 3.8) is 0 Å². The lowest BCUT2D eigenvalue weighted by Gasteiger charge is -2.44. The average Bonchev–Trinajstić information content (AvgIpc) is 2.51. The van der Waals surface area contributed by atoms with Gasteiger partial charge < -0.3 is 30.5 Å². The highest BCUT2D eigenvalue weighted by molar-refractivity contribution is 7.80. The number of hydrogen-bond acceptors (Lipinski definition) is 11. The van der Waals surface area contributed by atoms with Crippen molar-refractivity contribution in [2.75, 3.05) is 0 Å². The molecule has 0 aromatic carbocycles. The molecule has 12 nitrogen and oxygen atoms in total. The van der Waals surface area contributed by atoms with Gasteiger partial charge in [0.1, 0.15) is 18.3 Å². The first kappa shape index (κ1) is 20.2. The van der Waals surface area contributed by atoms with Gasteiger partial charge >= 0.3 is 10.4 Å². The van der Waals surface area contributed by atoms with Crippen LogP contribution in [0.5, 0.6) is 0 Å². The second-order valence-corrected chi connectivity index (χ2v) is 6.74. The van der Waals surface area contributed by atoms with E-state index in [0.29, 0.717) is 6.29 Å². The maximum absolute atomic E-state index is 11.1. The van der Waals surface area contributed by atoms with Crippen molar-refractivity contribution < 1.29 is 46.7 Å². The fraction of sp³-hybridized carbons (Fsp3) is 0.750. The summed E-state index contributed by atoms with van der Waals surface area (Å²) < 4.78 is 45.9. The summed E-state index contributed by atoms with van der Waals surface area (Å²) in [6.07, 6.45) is -6.94. The number of aliphatic hydroxyl groups is 3. The van der Waals surface area contributed by atoms with E-state index in [4.69, 9.17) is 19.8 Å². The Kier molecular flexibility index (Phi) is 6.13. The minimum absolute atomic E-state index is 0.253. The van der Waals surface area contributed by atoms with Crippen LogP contribution in [-0.4, -0.2) is 83.6 Å². The number of carbonyl (C=O) groups excluding carboxylic acids is 1. The van der Waals surface area contributed by atoms with Crippen molar-refractivity contribution in [3.05, 3.63) is 11.8 Å². The largest absolute Gasteiger partial charge is 0.469 e. The molecule has 8 atom stereocenters. The van der Waals surface area contributed by atoms with Gasteiger partial charge in [-0.2, -0.15) is 8.42 Å². The molecule has 0 aromatic rings. The van der Waals surface area contributed by atoms with Gasteiger partial charge in [0.2, 0.25) is 0 Å². The van der Waals surface area contributed by atoms with Crippen LogP contribution in [0.4, 0.5) is 0 Å². The molecule has 25 heavy (non-hydrogen) atoms. The molecule has 2 aliphatic rings. The van der Waals surface area contributed by atoms with E-state index in [1.54, 1.807) is 0 Å². The van der Waals surface area contributed by atoms with E-state index in [-0.39, 0.29) is 5.76 Å². The fourth-order valence-electron chi connectivity index (χ4n) is 2.65. The summed E-state index contributed by atoms with van der Waals surface area (Å²) in [7, 11) is -4.92. The van der Waals surface area contributed by atoms with Crippen LogP contribution >= 0.6 is 0 Å². The van der Waals surface area contributed by atoms with Crippen LogP contribution in [0.15, 0.2) is 11.8 Å². The van der Waals surface area contributed by atoms with Gasteiger partial charge in [0, 0.05) is 0 Å². The Balaban J connectivity index is 2.24. The van der Waals surface area contributed by atoms with Gasteiger partial charge in [0.05, 0.1) is 18.2 Å². The molecular formula is C12H20N2O10S. The van der Waals surface area contributed by atoms with Crippen molar-refractivity contribution >= 4 is 16.7 Å². The van der Waals surface area contributed by atoms with E-state index in [2.05, 4.69) is 9.50 Å². The first-order chi connectivity index (χ1) is 11.5. The number of rotatable bonds is 5. The van der Waals surface area contributed by atoms with Crippen LogP contribution in [0, 0.1) is 0 Å². The zero-order valence-corrected chi connectivity index (χ0v) is 13.8. The van der Waals surface area contributed by atoms with Gasteiger partial charge in [-0.3, -0.25) is 14.7 Å². The van der Waals surface area contributed by atoms with Gasteiger partial charge in [-0.05, 0) is 13.0 Å². The molecule has 0 spiro atoms. The predicted molar refractivity (Wildman–Crippen MR) is 78.9 cm³/mol. The second-order valence-electron chi connectivity index (χ2n) is 5.70. The lowest BCUT2D eigenvalue weighted by molar-refractivity contribution is -0.211. The molecule has 0 aromatic heterocycles. The first-order valence-electron chi connectivity index (χ1n) is 7.24. The predicted octanol–water partition coefficient (Wildman–Crippen LogP) is -3.64. The maximum Gasteiger partial charge on any atom is 0.397 e. The highest BCUT2D eigenvalue weighted by atomic mass is 32.3. The average molecular weight is 384 g/mol. The molecule has 144 valence electrons. The Bertz CT molecular complexity index is 625. The number of ether oxygens (including phenoxy) is 2. The molecular weight excluding hydrogens is 364 g/mol. The van der Waals surface area contributed by atoms with E-state index < -0.39 is 59.4 Å². The number of allylic oxidation sites excluding steroid dienone is 1. The van der Waals surface area contributed by atoms with Crippen molar-refractivity contribution in [2.24, 2.45) is 5.73 Å². The van der Waals surface area contributed by atoms with E-state index in [1.165, 1.54) is 6.92 Å². The molecule has 0 amide bonds. The molecule has 7 N–H and O–H groups in total. The standard InChI is InChI=1S/C12H20N2O10S/c1-4-8(10(24-25(19,20)21)7(13)12(18)22-4)14-11-9(17)6(16)2-5(3-15)23-11/h2-4,6-12,14,16-18H,13H2,1H3,(H,19,20,21)/t4?,6?,7-,8+,9-,10?,11+,12?/m0/s1. The van der Waals surface area contributed by atoms with Crippen LogP contribution in [-0.2, 0) is 28.9 Å². The van der Waals surface area contributed by atoms with Gasteiger partial charge in [0.25, 0.3) is 0 Å². The Morgan fingerprint density at radius 2 is 2.00 bits per heavy atom. The number of aliphatic hydroxyl groups excluding tert-OH is 3. The minimum Gasteiger partial charge on any atom is -0.469 e. The molecule has 13 heteroatoms. The summed E-state index contributed by atoms with van der Waals surface area (Å²) in [6.45, 7) is 1.44. The van der Waals surface area contributed by atoms with Crippen LogP contribution in [0.25, 0.3) is 0 Å². The molecule has 1 saturated heterocycles. The lowest BCUT2D eigenvalue weighted by atomic mass is 9.94. The Morgan fingerprint density at radius 1 is 1.36 bits per heavy atom. The third kappa shape index (κ3) is 4.72. The highest BCUT2D eigenvalue weighted by Crippen LogP contribution is 2.25. The number of nitrogens with two attached hydrogens (primary N) is 1. The van der Waals surface area contributed by atoms with E-state index >= 15 is 0 Å². The minimum atomic E-state index is -4.92. The van der Waals surface area contributed by atoms with Crippen LogP contribution in [0.3, 0.4) is 0 Å². The molecule has 2 heterocycles. The molecule has 1 fully saturated rings. The number of nitrogens with one attached hydrogen (secondary N) is 1. The number of aldehydes is 1. The summed E-state index contributed by atoms with van der Waals surface area (Å²) >= 11 is 0. The van der Waals surface area contributed by atoms with E-state index in [0.717, 1.165) is 6.08 Å². The molecule has 2 aliphatic heterocycles. The maximum atomic E-state index is 11.1. The van der Waals surface area contributed by atoms with Crippen LogP contribution in [0.1, 0.15) is 6.92 Å². The molecule has 0 aliphatic carbocycles. The zero-order valence-electron chi connectivity index (χ0n) is 13.0. The van der Waals surface area contributed by atoms with Gasteiger partial charge in [-0.25, -0.2) is 4.18 Å². The Morgan fingerprint density at radius 3 is 2.56 bits per heavy atom. The summed E-state index contributed by atoms with van der Waals surface area (Å²) in [5.41, 5.74) is 5.67.